The van der Waals surface area contributed by atoms with E-state index in [2.05, 4.69) is 5.32 Å². The van der Waals surface area contributed by atoms with Gasteiger partial charge >= 0.3 is 6.09 Å². The van der Waals surface area contributed by atoms with Crippen LogP contribution >= 0.6 is 0 Å². The molecule has 7 heteroatoms. The van der Waals surface area contributed by atoms with Gasteiger partial charge in [0.05, 0.1) is 19.3 Å². The van der Waals surface area contributed by atoms with Crippen LogP contribution in [0.15, 0.2) is 54.6 Å². The molecule has 0 bridgehead atoms. The van der Waals surface area contributed by atoms with Crippen LogP contribution in [0.5, 0.6) is 0 Å². The highest BCUT2D eigenvalue weighted by atomic mass is 16.7. The van der Waals surface area contributed by atoms with Crippen LogP contribution < -0.4 is 5.32 Å². The van der Waals surface area contributed by atoms with Gasteiger partial charge in [-0.25, -0.2) is 4.79 Å². The molecule has 2 atom stereocenters. The number of alkyl carbamates (subject to hydrolysis) is 1. The molecule has 0 aliphatic carbocycles. The van der Waals surface area contributed by atoms with Gasteiger partial charge in [-0.2, -0.15) is 0 Å². The minimum atomic E-state index is -1.08. The molecule has 7 nitrogen and oxygen atoms in total. The van der Waals surface area contributed by atoms with Crippen LogP contribution in [0.25, 0.3) is 0 Å². The van der Waals surface area contributed by atoms with Gasteiger partial charge in [-0.15, -0.1) is 0 Å². The Balaban J connectivity index is 1.42. The molecule has 0 aromatic heterocycles. The topological polar surface area (TPSA) is 97.3 Å². The van der Waals surface area contributed by atoms with Crippen LogP contribution in [0.1, 0.15) is 35.5 Å². The summed E-state index contributed by atoms with van der Waals surface area (Å²) in [5.41, 5.74) is 2.25. The van der Waals surface area contributed by atoms with Crippen LogP contribution in [0, 0.1) is 0 Å². The first-order valence-electron chi connectivity index (χ1n) is 9.27. The van der Waals surface area contributed by atoms with Crippen molar-refractivity contribution in [3.8, 4) is 0 Å². The van der Waals surface area contributed by atoms with Crippen molar-refractivity contribution in [2.45, 2.75) is 31.5 Å². The van der Waals surface area contributed by atoms with Crippen molar-refractivity contribution in [1.82, 2.24) is 5.32 Å². The molecule has 150 valence electrons. The number of aliphatic hydroxyl groups excluding tert-OH is 2. The Kier molecular flexibility index (Phi) is 7.39. The van der Waals surface area contributed by atoms with E-state index in [0.717, 1.165) is 11.1 Å². The van der Waals surface area contributed by atoms with E-state index in [1.54, 1.807) is 18.2 Å². The second kappa shape index (κ2) is 10.2. The zero-order valence-corrected chi connectivity index (χ0v) is 15.5. The van der Waals surface area contributed by atoms with E-state index >= 15 is 0 Å². The van der Waals surface area contributed by atoms with Crippen LogP contribution in [-0.2, 0) is 20.8 Å². The summed E-state index contributed by atoms with van der Waals surface area (Å²) in [6.45, 7) is 1.43. The fourth-order valence-electron chi connectivity index (χ4n) is 2.92. The van der Waals surface area contributed by atoms with E-state index in [0.29, 0.717) is 18.8 Å². The molecule has 1 aliphatic heterocycles. The Labute approximate surface area is 163 Å². The van der Waals surface area contributed by atoms with Crippen LogP contribution in [0.3, 0.4) is 0 Å². The Morgan fingerprint density at radius 2 is 1.86 bits per heavy atom. The lowest BCUT2D eigenvalue weighted by Gasteiger charge is -2.20. The molecule has 1 fully saturated rings. The standard InChI is InChI=1S/C21H25NO6/c23-18(9-10-22-21(25)28-14-15-5-2-1-3-6-15)19(24)16-7-4-8-17(13-16)20-26-11-12-27-20/h1-8,13,18-20,23-24H,9-12,14H2,(H,22,25). The number of ether oxygens (including phenoxy) is 3. The van der Waals surface area contributed by atoms with Gasteiger partial charge in [-0.3, -0.25) is 0 Å². The summed E-state index contributed by atoms with van der Waals surface area (Å²) >= 11 is 0. The molecule has 3 rings (SSSR count). The highest BCUT2D eigenvalue weighted by Gasteiger charge is 2.22. The van der Waals surface area contributed by atoms with Crippen LogP contribution in [-0.4, -0.2) is 42.2 Å². The molecule has 1 amide bonds. The lowest BCUT2D eigenvalue weighted by molar-refractivity contribution is -0.0444. The normalized spacial score (nSPS) is 16.5. The maximum Gasteiger partial charge on any atom is 0.407 e. The fourth-order valence-corrected chi connectivity index (χ4v) is 2.92. The molecule has 0 saturated carbocycles. The molecule has 1 saturated heterocycles. The lowest BCUT2D eigenvalue weighted by Crippen LogP contribution is -2.29. The van der Waals surface area contributed by atoms with Gasteiger partial charge in [0.15, 0.2) is 6.29 Å². The smallest absolute Gasteiger partial charge is 0.407 e. The van der Waals surface area contributed by atoms with Gasteiger partial charge in [0.2, 0.25) is 0 Å². The van der Waals surface area contributed by atoms with Crippen molar-refractivity contribution in [1.29, 1.82) is 0 Å². The van der Waals surface area contributed by atoms with E-state index in [1.807, 2.05) is 36.4 Å². The van der Waals surface area contributed by atoms with Crippen LogP contribution in [0.4, 0.5) is 4.79 Å². The summed E-state index contributed by atoms with van der Waals surface area (Å²) in [5, 5.41) is 23.2. The van der Waals surface area contributed by atoms with Crippen molar-refractivity contribution in [2.24, 2.45) is 0 Å². The maximum atomic E-state index is 11.7. The second-order valence-corrected chi connectivity index (χ2v) is 6.53. The lowest BCUT2D eigenvalue weighted by atomic mass is 10.00. The summed E-state index contributed by atoms with van der Waals surface area (Å²) in [6.07, 6.45) is -2.94. The summed E-state index contributed by atoms with van der Waals surface area (Å²) in [7, 11) is 0. The van der Waals surface area contributed by atoms with Crippen LogP contribution in [0.2, 0.25) is 0 Å². The molecule has 2 aromatic rings. The van der Waals surface area contributed by atoms with Gasteiger partial charge in [0, 0.05) is 12.1 Å². The molecule has 1 heterocycles. The third-order valence-electron chi connectivity index (χ3n) is 4.43. The average molecular weight is 387 g/mol. The van der Waals surface area contributed by atoms with Gasteiger partial charge in [0.25, 0.3) is 0 Å². The third kappa shape index (κ3) is 5.77. The van der Waals surface area contributed by atoms with Gasteiger partial charge < -0.3 is 29.7 Å². The first-order valence-corrected chi connectivity index (χ1v) is 9.27. The van der Waals surface area contributed by atoms with Gasteiger partial charge in [0.1, 0.15) is 12.7 Å². The Morgan fingerprint density at radius 1 is 1.11 bits per heavy atom. The molecule has 0 spiro atoms. The molecule has 2 unspecified atom stereocenters. The largest absolute Gasteiger partial charge is 0.445 e. The third-order valence-corrected chi connectivity index (χ3v) is 4.43. The molecule has 2 aromatic carbocycles. The first-order chi connectivity index (χ1) is 13.6. The summed E-state index contributed by atoms with van der Waals surface area (Å²) in [5.74, 6) is 0. The SMILES string of the molecule is O=C(NCCC(O)C(O)c1cccc(C2OCCO2)c1)OCc1ccccc1. The van der Waals surface area contributed by atoms with E-state index in [4.69, 9.17) is 14.2 Å². The zero-order chi connectivity index (χ0) is 19.8. The number of carbonyl (C=O) groups excluding carboxylic acids is 1. The minimum Gasteiger partial charge on any atom is -0.445 e. The molecule has 3 N–H and O–H groups in total. The van der Waals surface area contributed by atoms with Gasteiger partial charge in [-0.05, 0) is 23.6 Å². The Morgan fingerprint density at radius 3 is 2.61 bits per heavy atom. The highest BCUT2D eigenvalue weighted by Crippen LogP contribution is 2.27. The predicted octanol–water partition coefficient (Wildman–Crippen LogP) is 2.44. The number of nitrogens with one attached hydrogen (secondary N) is 1. The van der Waals surface area contributed by atoms with E-state index in [1.165, 1.54) is 0 Å². The van der Waals surface area contributed by atoms with E-state index < -0.39 is 24.6 Å². The number of benzene rings is 2. The molecule has 0 radical (unpaired) electrons. The number of aliphatic hydroxyl groups is 2. The number of hydrogen-bond acceptors (Lipinski definition) is 6. The van der Waals surface area contributed by atoms with E-state index in [-0.39, 0.29) is 19.6 Å². The number of hydrogen-bond donors (Lipinski definition) is 3. The zero-order valence-electron chi connectivity index (χ0n) is 15.5. The molecular formula is C21H25NO6. The molecule has 28 heavy (non-hydrogen) atoms. The number of carbonyl (C=O) groups is 1. The number of rotatable bonds is 8. The quantitative estimate of drug-likeness (QED) is 0.644. The Hall–Kier alpha value is -2.45. The van der Waals surface area contributed by atoms with Crippen molar-refractivity contribution < 1.29 is 29.2 Å². The van der Waals surface area contributed by atoms with Crippen molar-refractivity contribution in [3.63, 3.8) is 0 Å². The molecule has 1 aliphatic rings. The molecular weight excluding hydrogens is 362 g/mol. The Bertz CT molecular complexity index is 748. The monoisotopic (exact) mass is 387 g/mol. The minimum absolute atomic E-state index is 0.177. The predicted molar refractivity (Wildman–Crippen MR) is 101 cm³/mol. The summed E-state index contributed by atoms with van der Waals surface area (Å²) in [4.78, 5) is 11.7. The second-order valence-electron chi connectivity index (χ2n) is 6.53. The van der Waals surface area contributed by atoms with Crippen molar-refractivity contribution >= 4 is 6.09 Å². The van der Waals surface area contributed by atoms with Crippen molar-refractivity contribution in [3.05, 3.63) is 71.3 Å². The van der Waals surface area contributed by atoms with E-state index in [9.17, 15) is 15.0 Å². The summed E-state index contributed by atoms with van der Waals surface area (Å²) in [6, 6.07) is 16.5. The van der Waals surface area contributed by atoms with Gasteiger partial charge in [-0.1, -0.05) is 48.5 Å². The first kappa shape index (κ1) is 20.3. The highest BCUT2D eigenvalue weighted by molar-refractivity contribution is 5.67. The summed E-state index contributed by atoms with van der Waals surface area (Å²) < 4.78 is 16.0. The average Bonchev–Trinajstić information content (AvgIpc) is 3.27. The maximum absolute atomic E-state index is 11.7. The fraction of sp³-hybridized carbons (Fsp3) is 0.381. The van der Waals surface area contributed by atoms with Crippen molar-refractivity contribution in [2.75, 3.05) is 19.8 Å². The number of amides is 1.